The highest BCUT2D eigenvalue weighted by Gasteiger charge is 2.12. The molecule has 0 aromatic heterocycles. The van der Waals surface area contributed by atoms with Crippen molar-refractivity contribution in [1.29, 1.82) is 0 Å². The summed E-state index contributed by atoms with van der Waals surface area (Å²) in [6.45, 7) is 5.60. The molecule has 1 rings (SSSR count). The van der Waals surface area contributed by atoms with Crippen molar-refractivity contribution in [2.75, 3.05) is 18.4 Å². The molecule has 2 N–H and O–H groups in total. The average molecular weight is 334 g/mol. The first-order valence-corrected chi connectivity index (χ1v) is 8.38. The number of nitrogens with zero attached hydrogens (tertiary/aromatic N) is 1. The zero-order valence-electron chi connectivity index (χ0n) is 14.4. The van der Waals surface area contributed by atoms with E-state index < -0.39 is 5.97 Å². The van der Waals surface area contributed by atoms with E-state index in [2.05, 4.69) is 5.32 Å². The van der Waals surface area contributed by atoms with Gasteiger partial charge < -0.3 is 15.3 Å². The Labute approximate surface area is 142 Å². The zero-order chi connectivity index (χ0) is 17.9. The Bertz CT molecular complexity index is 549. The fourth-order valence-electron chi connectivity index (χ4n) is 2.38. The first kappa shape index (κ1) is 19.7. The second kappa shape index (κ2) is 10.4. The van der Waals surface area contributed by atoms with E-state index >= 15 is 0 Å². The maximum Gasteiger partial charge on any atom is 0.335 e. The third kappa shape index (κ3) is 6.81. The van der Waals surface area contributed by atoms with Crippen LogP contribution in [0.4, 0.5) is 5.69 Å². The van der Waals surface area contributed by atoms with Crippen molar-refractivity contribution in [2.45, 2.75) is 46.0 Å². The van der Waals surface area contributed by atoms with Crippen LogP contribution in [0.5, 0.6) is 0 Å². The molecule has 1 aromatic carbocycles. The molecule has 0 heterocycles. The van der Waals surface area contributed by atoms with E-state index in [0.29, 0.717) is 18.5 Å². The van der Waals surface area contributed by atoms with Crippen LogP contribution in [0.3, 0.4) is 0 Å². The topological polar surface area (TPSA) is 86.7 Å². The normalized spacial score (nSPS) is 10.2. The van der Waals surface area contributed by atoms with E-state index in [1.54, 1.807) is 12.1 Å². The van der Waals surface area contributed by atoms with Crippen LogP contribution in [-0.2, 0) is 9.59 Å². The van der Waals surface area contributed by atoms with E-state index in [-0.39, 0.29) is 23.8 Å². The number of carbonyl (C=O) groups excluding carboxylic acids is 2. The van der Waals surface area contributed by atoms with Gasteiger partial charge in [-0.3, -0.25) is 9.59 Å². The molecule has 0 saturated carbocycles. The highest BCUT2D eigenvalue weighted by Crippen LogP contribution is 2.11. The zero-order valence-corrected chi connectivity index (χ0v) is 14.4. The van der Waals surface area contributed by atoms with Gasteiger partial charge in [-0.2, -0.15) is 0 Å². The summed E-state index contributed by atoms with van der Waals surface area (Å²) in [6, 6.07) is 5.98. The molecule has 0 aliphatic rings. The van der Waals surface area contributed by atoms with Gasteiger partial charge in [0.1, 0.15) is 0 Å². The minimum atomic E-state index is -1.00. The predicted molar refractivity (Wildman–Crippen MR) is 93.0 cm³/mol. The third-order valence-electron chi connectivity index (χ3n) is 3.55. The predicted octanol–water partition coefficient (Wildman–Crippen LogP) is 3.14. The molecule has 24 heavy (non-hydrogen) atoms. The standard InChI is InChI=1S/C18H26N2O4/c1-3-12-20(13-4-2)17(22)7-5-6-16(21)19-15-10-8-14(9-11-15)18(23)24/h8-11H,3-7,12-13H2,1-2H3,(H,19,21)(H,23,24). The Morgan fingerprint density at radius 1 is 1.00 bits per heavy atom. The largest absolute Gasteiger partial charge is 0.478 e. The number of carbonyl (C=O) groups is 3. The molecule has 0 fully saturated rings. The lowest BCUT2D eigenvalue weighted by Crippen LogP contribution is -2.32. The fourth-order valence-corrected chi connectivity index (χ4v) is 2.38. The molecule has 0 unspecified atom stereocenters. The van der Waals surface area contributed by atoms with Crippen LogP contribution >= 0.6 is 0 Å². The van der Waals surface area contributed by atoms with E-state index in [0.717, 1.165) is 25.9 Å². The summed E-state index contributed by atoms with van der Waals surface area (Å²) in [5, 5.41) is 11.5. The summed E-state index contributed by atoms with van der Waals surface area (Å²) in [6.07, 6.45) is 2.99. The summed E-state index contributed by atoms with van der Waals surface area (Å²) in [4.78, 5) is 36.6. The van der Waals surface area contributed by atoms with Gasteiger partial charge in [-0.15, -0.1) is 0 Å². The molecule has 0 spiro atoms. The van der Waals surface area contributed by atoms with Crippen molar-refractivity contribution in [1.82, 2.24) is 4.90 Å². The number of rotatable bonds is 10. The molecule has 1 aromatic rings. The number of hydrogen-bond donors (Lipinski definition) is 2. The summed E-state index contributed by atoms with van der Waals surface area (Å²) in [5.74, 6) is -1.09. The number of benzene rings is 1. The van der Waals surface area contributed by atoms with Crippen molar-refractivity contribution in [3.05, 3.63) is 29.8 Å². The molecule has 0 aliphatic carbocycles. The molecule has 0 radical (unpaired) electrons. The number of hydrogen-bond acceptors (Lipinski definition) is 3. The van der Waals surface area contributed by atoms with Gasteiger partial charge in [0.05, 0.1) is 5.56 Å². The monoisotopic (exact) mass is 334 g/mol. The van der Waals surface area contributed by atoms with Gasteiger partial charge in [-0.05, 0) is 43.5 Å². The first-order valence-electron chi connectivity index (χ1n) is 8.38. The highest BCUT2D eigenvalue weighted by atomic mass is 16.4. The molecule has 6 nitrogen and oxygen atoms in total. The molecule has 0 aliphatic heterocycles. The maximum atomic E-state index is 12.1. The Morgan fingerprint density at radius 3 is 2.08 bits per heavy atom. The number of carboxylic acids is 1. The van der Waals surface area contributed by atoms with Crippen LogP contribution in [-0.4, -0.2) is 40.9 Å². The second-order valence-corrected chi connectivity index (χ2v) is 5.67. The van der Waals surface area contributed by atoms with Gasteiger partial charge in [0.2, 0.25) is 11.8 Å². The van der Waals surface area contributed by atoms with Gasteiger partial charge in [-0.1, -0.05) is 13.8 Å². The Balaban J connectivity index is 2.37. The second-order valence-electron chi connectivity index (χ2n) is 5.67. The van der Waals surface area contributed by atoms with Gasteiger partial charge in [-0.25, -0.2) is 4.79 Å². The van der Waals surface area contributed by atoms with Crippen molar-refractivity contribution >= 4 is 23.5 Å². The number of nitrogens with one attached hydrogen (secondary N) is 1. The molecule has 0 bridgehead atoms. The highest BCUT2D eigenvalue weighted by molar-refractivity contribution is 5.92. The average Bonchev–Trinajstić information content (AvgIpc) is 2.55. The lowest BCUT2D eigenvalue weighted by Gasteiger charge is -2.21. The van der Waals surface area contributed by atoms with Gasteiger partial charge in [0, 0.05) is 31.6 Å². The molecular formula is C18H26N2O4. The van der Waals surface area contributed by atoms with Crippen molar-refractivity contribution in [3.8, 4) is 0 Å². The first-order chi connectivity index (χ1) is 11.5. The molecule has 6 heteroatoms. The molecular weight excluding hydrogens is 308 g/mol. The lowest BCUT2D eigenvalue weighted by molar-refractivity contribution is -0.131. The lowest BCUT2D eigenvalue weighted by atomic mass is 10.2. The van der Waals surface area contributed by atoms with E-state index in [1.807, 2.05) is 18.7 Å². The molecule has 132 valence electrons. The maximum absolute atomic E-state index is 12.1. The quantitative estimate of drug-likeness (QED) is 0.688. The van der Waals surface area contributed by atoms with Crippen LogP contribution in [0.25, 0.3) is 0 Å². The van der Waals surface area contributed by atoms with E-state index in [4.69, 9.17) is 5.11 Å². The summed E-state index contributed by atoms with van der Waals surface area (Å²) in [5.41, 5.74) is 0.723. The number of amides is 2. The van der Waals surface area contributed by atoms with Gasteiger partial charge in [0.25, 0.3) is 0 Å². The van der Waals surface area contributed by atoms with Crippen molar-refractivity contribution in [2.24, 2.45) is 0 Å². The summed E-state index contributed by atoms with van der Waals surface area (Å²) < 4.78 is 0. The molecule has 2 amide bonds. The van der Waals surface area contributed by atoms with Crippen molar-refractivity contribution in [3.63, 3.8) is 0 Å². The minimum Gasteiger partial charge on any atom is -0.478 e. The Morgan fingerprint density at radius 2 is 1.58 bits per heavy atom. The number of anilines is 1. The van der Waals surface area contributed by atoms with Crippen molar-refractivity contribution < 1.29 is 19.5 Å². The van der Waals surface area contributed by atoms with E-state index in [9.17, 15) is 14.4 Å². The Kier molecular flexibility index (Phi) is 8.54. The van der Waals surface area contributed by atoms with Crippen LogP contribution in [0.15, 0.2) is 24.3 Å². The summed E-state index contributed by atoms with van der Waals surface area (Å²) in [7, 11) is 0. The van der Waals surface area contributed by atoms with E-state index in [1.165, 1.54) is 12.1 Å². The third-order valence-corrected chi connectivity index (χ3v) is 3.55. The van der Waals surface area contributed by atoms with Gasteiger partial charge in [0.15, 0.2) is 0 Å². The SMILES string of the molecule is CCCN(CCC)C(=O)CCCC(=O)Nc1ccc(C(=O)O)cc1. The molecule has 0 atom stereocenters. The summed E-state index contributed by atoms with van der Waals surface area (Å²) >= 11 is 0. The smallest absolute Gasteiger partial charge is 0.335 e. The number of carboxylic acid groups (broad SMARTS) is 1. The van der Waals surface area contributed by atoms with Crippen LogP contribution in [0.2, 0.25) is 0 Å². The van der Waals surface area contributed by atoms with Crippen LogP contribution in [0.1, 0.15) is 56.3 Å². The fraction of sp³-hybridized carbons (Fsp3) is 0.500. The minimum absolute atomic E-state index is 0.0947. The van der Waals surface area contributed by atoms with Crippen LogP contribution in [0, 0.1) is 0 Å². The molecule has 0 saturated heterocycles. The van der Waals surface area contributed by atoms with Gasteiger partial charge >= 0.3 is 5.97 Å². The Hall–Kier alpha value is -2.37. The number of aromatic carboxylic acids is 1. The van der Waals surface area contributed by atoms with Crippen LogP contribution < -0.4 is 5.32 Å².